The Morgan fingerprint density at radius 3 is 2.00 bits per heavy atom. The van der Waals surface area contributed by atoms with E-state index in [4.69, 9.17) is 9.47 Å². The summed E-state index contributed by atoms with van der Waals surface area (Å²) >= 11 is 0. The maximum Gasteiger partial charge on any atom is 1.00 e. The van der Waals surface area contributed by atoms with Crippen molar-refractivity contribution in [2.24, 2.45) is 0 Å². The van der Waals surface area contributed by atoms with E-state index in [9.17, 15) is 15.0 Å². The molecule has 0 saturated heterocycles. The normalized spacial score (nSPS) is 15.2. The quantitative estimate of drug-likeness (QED) is 0.460. The van der Waals surface area contributed by atoms with E-state index in [1.165, 1.54) is 24.3 Å². The van der Waals surface area contributed by atoms with Gasteiger partial charge in [-0.05, 0) is 30.3 Å². The molecule has 5 rings (SSSR count). The van der Waals surface area contributed by atoms with Crippen LogP contribution in [0.5, 0.6) is 23.0 Å². The predicted octanol–water partition coefficient (Wildman–Crippen LogP) is 0.782. The summed E-state index contributed by atoms with van der Waals surface area (Å²) in [6, 6.07) is 16.6. The van der Waals surface area contributed by atoms with Gasteiger partial charge in [0.15, 0.2) is 5.60 Å². The smallest absolute Gasteiger partial charge is 1.00 e. The molecule has 0 aromatic heterocycles. The minimum Gasteiger partial charge on any atom is -1.00 e. The van der Waals surface area contributed by atoms with Crippen molar-refractivity contribution < 1.29 is 55.5 Å². The van der Waals surface area contributed by atoms with Crippen LogP contribution < -0.4 is 34.3 Å². The van der Waals surface area contributed by atoms with E-state index in [2.05, 4.69) is 0 Å². The van der Waals surface area contributed by atoms with Crippen molar-refractivity contribution in [3.05, 3.63) is 82.9 Å². The molecule has 0 aliphatic carbocycles. The molecule has 3 aromatic rings. The minimum atomic E-state index is -1.17. The Labute approximate surface area is 172 Å². The molecule has 2 aliphatic heterocycles. The molecule has 124 valence electrons. The number of phenolic OH excluding ortho intramolecular Hbond substituents is 2. The summed E-state index contributed by atoms with van der Waals surface area (Å²) in [4.78, 5) is 12.5. The number of ether oxygens (including phenoxy) is 2. The third kappa shape index (κ3) is 2.11. The number of esters is 1. The first-order valence-corrected chi connectivity index (χ1v) is 7.77. The molecule has 0 amide bonds. The second kappa shape index (κ2) is 5.77. The Bertz CT molecular complexity index is 1010. The zero-order valence-electron chi connectivity index (χ0n) is 14.9. The molecule has 0 saturated carbocycles. The standard InChI is InChI=1S/C20H12O5.Na.H/c21-11-5-7-15-17(9-11)24-18-10-12(22)6-8-16(18)20(15)14-4-2-1-3-13(14)19(23)25-20;;/h1-10,21-22H;;/q;+1;-1. The number of aromatic hydroxyl groups is 2. The summed E-state index contributed by atoms with van der Waals surface area (Å²) < 4.78 is 11.8. The largest absolute Gasteiger partial charge is 1.00 e. The van der Waals surface area contributed by atoms with E-state index < -0.39 is 11.6 Å². The summed E-state index contributed by atoms with van der Waals surface area (Å²) in [5, 5.41) is 19.7. The molecule has 6 heteroatoms. The van der Waals surface area contributed by atoms with Crippen LogP contribution in [-0.2, 0) is 10.3 Å². The monoisotopic (exact) mass is 356 g/mol. The van der Waals surface area contributed by atoms with Crippen LogP contribution >= 0.6 is 0 Å². The van der Waals surface area contributed by atoms with Crippen molar-refractivity contribution in [3.63, 3.8) is 0 Å². The molecule has 0 fully saturated rings. The van der Waals surface area contributed by atoms with Gasteiger partial charge in [0.05, 0.1) is 5.56 Å². The Kier molecular flexibility index (Phi) is 3.77. The van der Waals surface area contributed by atoms with Gasteiger partial charge in [-0.15, -0.1) is 0 Å². The summed E-state index contributed by atoms with van der Waals surface area (Å²) in [7, 11) is 0. The molecule has 0 atom stereocenters. The van der Waals surface area contributed by atoms with Crippen LogP contribution in [0.15, 0.2) is 60.7 Å². The number of carbonyl (C=O) groups excluding carboxylic acids is 1. The van der Waals surface area contributed by atoms with Crippen LogP contribution in [0.3, 0.4) is 0 Å². The first-order valence-electron chi connectivity index (χ1n) is 7.77. The van der Waals surface area contributed by atoms with Crippen molar-refractivity contribution in [2.75, 3.05) is 0 Å². The van der Waals surface area contributed by atoms with Crippen LogP contribution in [-0.4, -0.2) is 16.2 Å². The van der Waals surface area contributed by atoms with Gasteiger partial charge in [0.25, 0.3) is 0 Å². The average molecular weight is 356 g/mol. The maximum absolute atomic E-state index is 12.5. The third-order valence-corrected chi connectivity index (χ3v) is 4.68. The molecule has 26 heavy (non-hydrogen) atoms. The van der Waals surface area contributed by atoms with Gasteiger partial charge >= 0.3 is 35.5 Å². The van der Waals surface area contributed by atoms with Crippen LogP contribution in [0, 0.1) is 0 Å². The van der Waals surface area contributed by atoms with Crippen LogP contribution in [0.1, 0.15) is 28.5 Å². The van der Waals surface area contributed by atoms with Crippen LogP contribution in [0.25, 0.3) is 0 Å². The van der Waals surface area contributed by atoms with E-state index >= 15 is 0 Å². The molecule has 2 heterocycles. The second-order valence-corrected chi connectivity index (χ2v) is 6.08. The summed E-state index contributed by atoms with van der Waals surface area (Å²) in [6.45, 7) is 0. The Morgan fingerprint density at radius 2 is 1.38 bits per heavy atom. The van der Waals surface area contributed by atoms with Gasteiger partial charge in [-0.25, -0.2) is 4.79 Å². The SMILES string of the molecule is O=C1OC2(c3ccc(O)cc3Oc3cc(O)ccc32)c2ccccc21.[H-].[Na+]. The summed E-state index contributed by atoms with van der Waals surface area (Å²) in [6.07, 6.45) is 0. The fourth-order valence-electron chi connectivity index (χ4n) is 3.65. The third-order valence-electron chi connectivity index (χ3n) is 4.68. The number of phenols is 2. The molecule has 2 aliphatic rings. The zero-order chi connectivity index (χ0) is 17.2. The van der Waals surface area contributed by atoms with Gasteiger partial charge in [0, 0.05) is 28.8 Å². The molecular weight excluding hydrogens is 343 g/mol. The molecule has 2 N–H and O–H groups in total. The van der Waals surface area contributed by atoms with E-state index in [0.29, 0.717) is 33.8 Å². The second-order valence-electron chi connectivity index (χ2n) is 6.08. The van der Waals surface area contributed by atoms with Crippen molar-refractivity contribution >= 4 is 5.97 Å². The van der Waals surface area contributed by atoms with Gasteiger partial charge in [-0.2, -0.15) is 0 Å². The fourth-order valence-corrected chi connectivity index (χ4v) is 3.65. The van der Waals surface area contributed by atoms with Crippen LogP contribution in [0.4, 0.5) is 0 Å². The number of hydrogen-bond donors (Lipinski definition) is 2. The van der Waals surface area contributed by atoms with E-state index in [0.717, 1.165) is 0 Å². The van der Waals surface area contributed by atoms with Crippen molar-refractivity contribution in [1.29, 1.82) is 0 Å². The molecule has 1 spiro atoms. The molecule has 0 bridgehead atoms. The topological polar surface area (TPSA) is 76.0 Å². The molecule has 0 unspecified atom stereocenters. The van der Waals surface area contributed by atoms with Crippen LogP contribution in [0.2, 0.25) is 0 Å². The van der Waals surface area contributed by atoms with Gasteiger partial charge in [0.2, 0.25) is 0 Å². The first-order chi connectivity index (χ1) is 12.1. The first kappa shape index (κ1) is 17.0. The van der Waals surface area contributed by atoms with Gasteiger partial charge in [-0.3, -0.25) is 0 Å². The number of benzene rings is 3. The molecule has 0 radical (unpaired) electrons. The summed E-state index contributed by atoms with van der Waals surface area (Å²) in [5.74, 6) is 0.408. The molecular formula is C20H13NaO5. The van der Waals surface area contributed by atoms with E-state index in [1.54, 1.807) is 24.3 Å². The Balaban J connectivity index is 0.00000105. The van der Waals surface area contributed by atoms with E-state index in [-0.39, 0.29) is 42.5 Å². The Hall–Kier alpha value is -2.47. The van der Waals surface area contributed by atoms with Gasteiger partial charge in [-0.1, -0.05) is 18.2 Å². The maximum atomic E-state index is 12.5. The minimum absolute atomic E-state index is 0. The predicted molar refractivity (Wildman–Crippen MR) is 89.1 cm³/mol. The van der Waals surface area contributed by atoms with Gasteiger partial charge in [0.1, 0.15) is 23.0 Å². The van der Waals surface area contributed by atoms with Crippen molar-refractivity contribution in [2.45, 2.75) is 5.60 Å². The van der Waals surface area contributed by atoms with Gasteiger partial charge < -0.3 is 21.1 Å². The molecule has 3 aromatic carbocycles. The average Bonchev–Trinajstić information content (AvgIpc) is 2.88. The molecule has 5 nitrogen and oxygen atoms in total. The zero-order valence-corrected chi connectivity index (χ0v) is 15.9. The van der Waals surface area contributed by atoms with E-state index in [1.807, 2.05) is 12.1 Å². The number of fused-ring (bicyclic) bond motifs is 6. The number of carbonyl (C=O) groups is 1. The number of rotatable bonds is 0. The Morgan fingerprint density at radius 1 is 0.808 bits per heavy atom. The summed E-state index contributed by atoms with van der Waals surface area (Å²) in [5.41, 5.74) is 1.28. The van der Waals surface area contributed by atoms with Crippen molar-refractivity contribution in [1.82, 2.24) is 0 Å². The fraction of sp³-hybridized carbons (Fsp3) is 0.0500. The van der Waals surface area contributed by atoms with Crippen molar-refractivity contribution in [3.8, 4) is 23.0 Å². The number of hydrogen-bond acceptors (Lipinski definition) is 5.